The second-order valence-electron chi connectivity index (χ2n) is 9.44. The summed E-state index contributed by atoms with van der Waals surface area (Å²) in [5.41, 5.74) is 0.748. The van der Waals surface area contributed by atoms with Crippen LogP contribution >= 0.6 is 15.9 Å². The van der Waals surface area contributed by atoms with E-state index in [2.05, 4.69) is 31.4 Å². The fourth-order valence-electron chi connectivity index (χ4n) is 5.03. The van der Waals surface area contributed by atoms with Gasteiger partial charge in [-0.05, 0) is 23.3 Å². The Hall–Kier alpha value is -4.46. The van der Waals surface area contributed by atoms with Gasteiger partial charge in [0.2, 0.25) is 0 Å². The second-order valence-corrected chi connectivity index (χ2v) is 10.4. The van der Waals surface area contributed by atoms with Gasteiger partial charge >= 0.3 is 0 Å². The lowest BCUT2D eigenvalue weighted by molar-refractivity contribution is -0.135. The Balaban J connectivity index is 1.28. The molecule has 208 valence electrons. The first-order chi connectivity index (χ1) is 19.7. The highest BCUT2D eigenvalue weighted by Gasteiger charge is 2.57. The lowest BCUT2D eigenvalue weighted by atomic mass is 9.98. The Morgan fingerprint density at radius 3 is 2.24 bits per heavy atom. The van der Waals surface area contributed by atoms with E-state index in [0.29, 0.717) is 12.1 Å². The van der Waals surface area contributed by atoms with Crippen LogP contribution in [0.4, 0.5) is 23.2 Å². The van der Waals surface area contributed by atoms with Gasteiger partial charge in [-0.15, -0.1) is 0 Å². The Bertz CT molecular complexity index is 1630. The van der Waals surface area contributed by atoms with Gasteiger partial charge < -0.3 is 0 Å². The molecule has 0 bridgehead atoms. The maximum atomic E-state index is 14.5. The minimum atomic E-state index is -1.91. The van der Waals surface area contributed by atoms with Crippen molar-refractivity contribution in [2.24, 2.45) is 15.4 Å². The van der Waals surface area contributed by atoms with Crippen molar-refractivity contribution >= 4 is 45.1 Å². The molecule has 3 atom stereocenters. The highest BCUT2D eigenvalue weighted by atomic mass is 79.9. The van der Waals surface area contributed by atoms with E-state index >= 15 is 0 Å². The van der Waals surface area contributed by atoms with E-state index in [-0.39, 0.29) is 11.0 Å². The minimum absolute atomic E-state index is 0.00817. The molecule has 41 heavy (non-hydrogen) atoms. The highest BCUT2D eigenvalue weighted by Crippen LogP contribution is 2.37. The van der Waals surface area contributed by atoms with Crippen molar-refractivity contribution in [1.82, 2.24) is 10.0 Å². The van der Waals surface area contributed by atoms with Gasteiger partial charge in [-0.2, -0.15) is 10.2 Å². The first kappa shape index (κ1) is 26.7. The Labute approximate surface area is 237 Å². The molecule has 0 aliphatic carbocycles. The van der Waals surface area contributed by atoms with Gasteiger partial charge in [0.25, 0.3) is 17.7 Å². The van der Waals surface area contributed by atoms with Crippen LogP contribution in [-0.4, -0.2) is 52.1 Å². The Morgan fingerprint density at radius 1 is 0.927 bits per heavy atom. The summed E-state index contributed by atoms with van der Waals surface area (Å²) < 4.78 is 57.5. The van der Waals surface area contributed by atoms with Crippen molar-refractivity contribution in [3.63, 3.8) is 0 Å². The van der Waals surface area contributed by atoms with Gasteiger partial charge in [-0.1, -0.05) is 63.6 Å². The van der Waals surface area contributed by atoms with E-state index in [0.717, 1.165) is 20.6 Å². The van der Waals surface area contributed by atoms with E-state index < -0.39 is 71.3 Å². The Kier molecular flexibility index (Phi) is 6.64. The molecule has 0 aromatic heterocycles. The normalized spacial score (nSPS) is 21.6. The van der Waals surface area contributed by atoms with Crippen molar-refractivity contribution in [2.75, 3.05) is 11.4 Å². The number of fused-ring (bicyclic) bond motifs is 1. The molecule has 14 heteroatoms. The van der Waals surface area contributed by atoms with Gasteiger partial charge in [0.15, 0.2) is 35.4 Å². The summed E-state index contributed by atoms with van der Waals surface area (Å²) in [4.78, 5) is 39.7. The smallest absolute Gasteiger partial charge is 0.264 e. The van der Waals surface area contributed by atoms with Crippen LogP contribution in [0.1, 0.15) is 23.6 Å². The van der Waals surface area contributed by atoms with Gasteiger partial charge in [0.1, 0.15) is 12.2 Å². The van der Waals surface area contributed by atoms with Crippen LogP contribution in [0.3, 0.4) is 0 Å². The lowest BCUT2D eigenvalue weighted by Crippen LogP contribution is -2.45. The highest BCUT2D eigenvalue weighted by molar-refractivity contribution is 9.10. The molecule has 0 radical (unpaired) electrons. The number of benzene rings is 3. The standard InChI is InChI=1S/C27H17BrF4N6O3/c28-15-8-6-13(7-9-15)18-11-19(14-4-2-1-3-5-14)38(34-18)20(39)12-36-25-23(33-35-36)26(40)37(27(25)41)24-21(31)16(29)10-17(30)22(24)32/h1-10,19,23,25H,11-12H2/t19-,23-,25-/m1/s1. The molecule has 0 saturated carbocycles. The molecule has 3 aliphatic heterocycles. The molecule has 1 saturated heterocycles. The Morgan fingerprint density at radius 2 is 1.59 bits per heavy atom. The molecular formula is C27H17BrF4N6O3. The number of amides is 3. The zero-order valence-electron chi connectivity index (χ0n) is 20.7. The molecule has 0 unspecified atom stereocenters. The van der Waals surface area contributed by atoms with Crippen molar-refractivity contribution in [3.8, 4) is 0 Å². The molecule has 3 aromatic rings. The number of hydrazone groups is 1. The fourth-order valence-corrected chi connectivity index (χ4v) is 5.30. The number of nitrogens with zero attached hydrogens (tertiary/aromatic N) is 6. The van der Waals surface area contributed by atoms with E-state index in [1.807, 2.05) is 54.6 Å². The van der Waals surface area contributed by atoms with Crippen LogP contribution in [0.2, 0.25) is 0 Å². The van der Waals surface area contributed by atoms with Crippen LogP contribution in [0.25, 0.3) is 0 Å². The van der Waals surface area contributed by atoms with Crippen molar-refractivity contribution in [2.45, 2.75) is 24.5 Å². The second kappa shape index (κ2) is 10.2. The summed E-state index contributed by atoms with van der Waals surface area (Å²) in [5.74, 6) is -10.5. The third kappa shape index (κ3) is 4.47. The van der Waals surface area contributed by atoms with Crippen LogP contribution in [0.5, 0.6) is 0 Å². The van der Waals surface area contributed by atoms with Crippen LogP contribution < -0.4 is 4.90 Å². The van der Waals surface area contributed by atoms with Crippen LogP contribution in [0, 0.1) is 23.3 Å². The molecule has 6 rings (SSSR count). The third-order valence-electron chi connectivity index (χ3n) is 7.00. The van der Waals surface area contributed by atoms with E-state index in [4.69, 9.17) is 0 Å². The number of hydrogen-bond donors (Lipinski definition) is 0. The quantitative estimate of drug-likeness (QED) is 0.233. The minimum Gasteiger partial charge on any atom is -0.271 e. The van der Waals surface area contributed by atoms with E-state index in [9.17, 15) is 31.9 Å². The number of anilines is 1. The summed E-state index contributed by atoms with van der Waals surface area (Å²) in [5, 5.41) is 14.2. The zero-order valence-corrected chi connectivity index (χ0v) is 22.3. The number of carbonyl (C=O) groups excluding carboxylic acids is 3. The average Bonchev–Trinajstić information content (AvgIpc) is 3.65. The maximum absolute atomic E-state index is 14.5. The van der Waals surface area contributed by atoms with Crippen molar-refractivity contribution < 1.29 is 31.9 Å². The largest absolute Gasteiger partial charge is 0.271 e. The van der Waals surface area contributed by atoms with E-state index in [1.54, 1.807) is 0 Å². The number of rotatable bonds is 5. The predicted octanol–water partition coefficient (Wildman–Crippen LogP) is 4.68. The monoisotopic (exact) mass is 628 g/mol. The van der Waals surface area contributed by atoms with Crippen molar-refractivity contribution in [1.29, 1.82) is 0 Å². The summed E-state index contributed by atoms with van der Waals surface area (Å²) >= 11 is 3.39. The van der Waals surface area contributed by atoms with Gasteiger partial charge in [0, 0.05) is 17.0 Å². The molecule has 9 nitrogen and oxygen atoms in total. The molecule has 0 N–H and O–H groups in total. The van der Waals surface area contributed by atoms with Gasteiger partial charge in [-0.3, -0.25) is 19.4 Å². The zero-order chi connectivity index (χ0) is 29.0. The summed E-state index contributed by atoms with van der Waals surface area (Å²) in [6.45, 7) is -0.569. The summed E-state index contributed by atoms with van der Waals surface area (Å²) in [6.07, 6.45) is 0.389. The van der Waals surface area contributed by atoms with E-state index in [1.165, 1.54) is 5.01 Å². The summed E-state index contributed by atoms with van der Waals surface area (Å²) in [6, 6.07) is 12.9. The molecule has 3 amide bonds. The van der Waals surface area contributed by atoms with Gasteiger partial charge in [-0.25, -0.2) is 27.5 Å². The molecular weight excluding hydrogens is 612 g/mol. The SMILES string of the molecule is O=C1[C@@H]2N=NN(CC(=O)N3N=C(c4ccc(Br)cc4)C[C@@H]3c3ccccc3)[C@H]2C(=O)N1c1c(F)c(F)cc(F)c1F. The molecule has 3 heterocycles. The first-order valence-corrected chi connectivity index (χ1v) is 13.0. The molecule has 0 spiro atoms. The maximum Gasteiger partial charge on any atom is 0.264 e. The predicted molar refractivity (Wildman–Crippen MR) is 139 cm³/mol. The lowest BCUT2D eigenvalue weighted by Gasteiger charge is -2.25. The molecule has 1 fully saturated rings. The third-order valence-corrected chi connectivity index (χ3v) is 7.52. The summed E-state index contributed by atoms with van der Waals surface area (Å²) in [7, 11) is 0. The number of hydrogen-bond acceptors (Lipinski definition) is 7. The topological polar surface area (TPSA) is 98.0 Å². The van der Waals surface area contributed by atoms with Crippen LogP contribution in [-0.2, 0) is 14.4 Å². The first-order valence-electron chi connectivity index (χ1n) is 12.2. The molecule has 3 aromatic carbocycles. The average molecular weight is 629 g/mol. The van der Waals surface area contributed by atoms with Crippen LogP contribution in [0.15, 0.2) is 80.6 Å². The van der Waals surface area contributed by atoms with Gasteiger partial charge in [0.05, 0.1) is 11.8 Å². The van der Waals surface area contributed by atoms with Crippen molar-refractivity contribution in [3.05, 3.63) is 99.5 Å². The molecule has 3 aliphatic rings. The number of imide groups is 1. The number of halogens is 5. The fraction of sp³-hybridized carbons (Fsp3) is 0.185. The number of carbonyl (C=O) groups is 3.